The quantitative estimate of drug-likeness (QED) is 0.238. The number of hydrogen-bond donors (Lipinski definition) is 1. The zero-order valence-corrected chi connectivity index (χ0v) is 17.9. The van der Waals surface area contributed by atoms with Gasteiger partial charge in [-0.1, -0.05) is 34.1 Å². The SMILES string of the molecule is Cc1ccc(-c2ccc(/C=C3\NC(=O)N(Cc4ccc([N+](=O)[O-])cc4)C3=O)o2)c(Br)c1. The van der Waals surface area contributed by atoms with Crippen LogP contribution >= 0.6 is 15.9 Å². The summed E-state index contributed by atoms with van der Waals surface area (Å²) in [5.74, 6) is 0.541. The molecule has 3 amide bonds. The summed E-state index contributed by atoms with van der Waals surface area (Å²) < 4.78 is 6.72. The fraction of sp³-hybridized carbons (Fsp3) is 0.0909. The standard InChI is InChI=1S/C22H16BrN3O5/c1-13-2-8-17(18(23)10-13)20-9-7-16(31-20)11-19-21(27)25(22(28)24-19)12-14-3-5-15(6-4-14)26(29)30/h2-11H,12H2,1H3,(H,24,28)/b19-11-. The Labute approximate surface area is 185 Å². The first-order valence-electron chi connectivity index (χ1n) is 9.26. The Morgan fingerprint density at radius 3 is 2.55 bits per heavy atom. The first-order valence-corrected chi connectivity index (χ1v) is 10.1. The third kappa shape index (κ3) is 4.26. The lowest BCUT2D eigenvalue weighted by Crippen LogP contribution is -2.30. The Bertz CT molecular complexity index is 1230. The molecule has 1 aromatic heterocycles. The van der Waals surface area contributed by atoms with Crippen LogP contribution in [-0.2, 0) is 11.3 Å². The number of amides is 3. The lowest BCUT2D eigenvalue weighted by atomic mass is 10.1. The summed E-state index contributed by atoms with van der Waals surface area (Å²) in [6.07, 6.45) is 1.47. The molecule has 0 spiro atoms. The molecule has 1 fully saturated rings. The van der Waals surface area contributed by atoms with E-state index < -0.39 is 16.9 Å². The highest BCUT2D eigenvalue weighted by atomic mass is 79.9. The minimum absolute atomic E-state index is 0.000279. The van der Waals surface area contributed by atoms with Crippen molar-refractivity contribution in [1.29, 1.82) is 0 Å². The van der Waals surface area contributed by atoms with E-state index in [1.807, 2.05) is 25.1 Å². The van der Waals surface area contributed by atoms with Crippen molar-refractivity contribution in [1.82, 2.24) is 10.2 Å². The zero-order valence-electron chi connectivity index (χ0n) is 16.3. The van der Waals surface area contributed by atoms with E-state index in [0.29, 0.717) is 17.1 Å². The van der Waals surface area contributed by atoms with Crippen molar-refractivity contribution in [3.63, 3.8) is 0 Å². The number of hydrogen-bond acceptors (Lipinski definition) is 5. The fourth-order valence-electron chi connectivity index (χ4n) is 3.16. The van der Waals surface area contributed by atoms with E-state index in [1.165, 1.54) is 30.3 Å². The predicted octanol–water partition coefficient (Wildman–Crippen LogP) is 5.02. The second kappa shape index (κ2) is 8.19. The molecule has 31 heavy (non-hydrogen) atoms. The van der Waals surface area contributed by atoms with Gasteiger partial charge in [-0.2, -0.15) is 0 Å². The van der Waals surface area contributed by atoms with Crippen LogP contribution in [0.4, 0.5) is 10.5 Å². The van der Waals surface area contributed by atoms with Gasteiger partial charge in [0, 0.05) is 28.2 Å². The second-order valence-electron chi connectivity index (χ2n) is 6.99. The number of furan rings is 1. The largest absolute Gasteiger partial charge is 0.457 e. The third-order valence-corrected chi connectivity index (χ3v) is 5.41. The first kappa shape index (κ1) is 20.5. The number of aryl methyl sites for hydroxylation is 1. The highest BCUT2D eigenvalue weighted by Gasteiger charge is 2.33. The number of halogens is 1. The van der Waals surface area contributed by atoms with Crippen LogP contribution in [0.2, 0.25) is 0 Å². The summed E-state index contributed by atoms with van der Waals surface area (Å²) in [5.41, 5.74) is 2.61. The minimum Gasteiger partial charge on any atom is -0.457 e. The highest BCUT2D eigenvalue weighted by Crippen LogP contribution is 2.31. The van der Waals surface area contributed by atoms with Crippen LogP contribution in [0.25, 0.3) is 17.4 Å². The van der Waals surface area contributed by atoms with Crippen LogP contribution in [0, 0.1) is 17.0 Å². The van der Waals surface area contributed by atoms with Crippen molar-refractivity contribution < 1.29 is 18.9 Å². The summed E-state index contributed by atoms with van der Waals surface area (Å²) in [4.78, 5) is 36.2. The molecular weight excluding hydrogens is 466 g/mol. The first-order chi connectivity index (χ1) is 14.8. The van der Waals surface area contributed by atoms with Gasteiger partial charge in [0.15, 0.2) is 0 Å². The molecule has 0 atom stereocenters. The summed E-state index contributed by atoms with van der Waals surface area (Å²) in [6.45, 7) is 1.99. The molecule has 2 heterocycles. The zero-order chi connectivity index (χ0) is 22.1. The number of nitro benzene ring substituents is 1. The van der Waals surface area contributed by atoms with Gasteiger partial charge in [-0.25, -0.2) is 4.79 Å². The van der Waals surface area contributed by atoms with Gasteiger partial charge in [-0.3, -0.25) is 19.8 Å². The van der Waals surface area contributed by atoms with Crippen molar-refractivity contribution in [2.45, 2.75) is 13.5 Å². The van der Waals surface area contributed by atoms with Crippen molar-refractivity contribution >= 4 is 39.6 Å². The maximum Gasteiger partial charge on any atom is 0.329 e. The fourth-order valence-corrected chi connectivity index (χ4v) is 3.85. The van der Waals surface area contributed by atoms with E-state index in [0.717, 1.165) is 20.5 Å². The third-order valence-electron chi connectivity index (χ3n) is 4.75. The second-order valence-corrected chi connectivity index (χ2v) is 7.84. The van der Waals surface area contributed by atoms with Gasteiger partial charge in [-0.15, -0.1) is 0 Å². The van der Waals surface area contributed by atoms with Gasteiger partial charge in [-0.05, 0) is 42.3 Å². The van der Waals surface area contributed by atoms with E-state index in [1.54, 1.807) is 12.1 Å². The molecule has 0 saturated carbocycles. The van der Waals surface area contributed by atoms with Gasteiger partial charge >= 0.3 is 6.03 Å². The van der Waals surface area contributed by atoms with Crippen LogP contribution in [0.3, 0.4) is 0 Å². The lowest BCUT2D eigenvalue weighted by Gasteiger charge is -2.11. The molecule has 0 bridgehead atoms. The van der Waals surface area contributed by atoms with Crippen molar-refractivity contribution in [3.05, 3.63) is 91.8 Å². The molecule has 0 unspecified atom stereocenters. The molecule has 3 aromatic rings. The van der Waals surface area contributed by atoms with Crippen molar-refractivity contribution in [2.75, 3.05) is 0 Å². The van der Waals surface area contributed by atoms with E-state index >= 15 is 0 Å². The van der Waals surface area contributed by atoms with Crippen LogP contribution in [0.15, 0.2) is 69.2 Å². The molecule has 2 aromatic carbocycles. The van der Waals surface area contributed by atoms with Crippen molar-refractivity contribution in [3.8, 4) is 11.3 Å². The molecule has 1 saturated heterocycles. The maximum atomic E-state index is 12.7. The number of nitrogens with one attached hydrogen (secondary N) is 1. The Morgan fingerprint density at radius 1 is 1.13 bits per heavy atom. The average Bonchev–Trinajstić information content (AvgIpc) is 3.28. The number of carbonyl (C=O) groups excluding carboxylic acids is 2. The number of nitrogens with zero attached hydrogens (tertiary/aromatic N) is 2. The normalized spacial score (nSPS) is 14.9. The molecule has 9 heteroatoms. The van der Waals surface area contributed by atoms with E-state index in [4.69, 9.17) is 4.42 Å². The number of benzene rings is 2. The average molecular weight is 482 g/mol. The lowest BCUT2D eigenvalue weighted by molar-refractivity contribution is -0.384. The van der Waals surface area contributed by atoms with Gasteiger partial charge in [0.1, 0.15) is 17.2 Å². The van der Waals surface area contributed by atoms with Crippen molar-refractivity contribution in [2.24, 2.45) is 0 Å². The monoisotopic (exact) mass is 481 g/mol. The molecular formula is C22H16BrN3O5. The number of urea groups is 1. The Balaban J connectivity index is 1.52. The highest BCUT2D eigenvalue weighted by molar-refractivity contribution is 9.10. The molecule has 1 N–H and O–H groups in total. The Kier molecular flexibility index (Phi) is 5.43. The summed E-state index contributed by atoms with van der Waals surface area (Å²) in [6, 6.07) is 14.5. The number of non-ortho nitro benzene ring substituents is 1. The van der Waals surface area contributed by atoms with Crippen LogP contribution < -0.4 is 5.32 Å². The van der Waals surface area contributed by atoms with Gasteiger partial charge in [0.2, 0.25) is 0 Å². The van der Waals surface area contributed by atoms with E-state index in [2.05, 4.69) is 21.2 Å². The number of carbonyl (C=O) groups is 2. The number of rotatable bonds is 5. The Hall–Kier alpha value is -3.72. The predicted molar refractivity (Wildman–Crippen MR) is 117 cm³/mol. The van der Waals surface area contributed by atoms with Crippen LogP contribution in [-0.4, -0.2) is 21.8 Å². The smallest absolute Gasteiger partial charge is 0.329 e. The molecule has 0 aliphatic carbocycles. The van der Waals surface area contributed by atoms with Gasteiger partial charge in [0.05, 0.1) is 11.5 Å². The topological polar surface area (TPSA) is 106 Å². The number of nitro groups is 1. The Morgan fingerprint density at radius 2 is 1.87 bits per heavy atom. The number of imide groups is 1. The van der Waals surface area contributed by atoms with Crippen LogP contribution in [0.1, 0.15) is 16.9 Å². The molecule has 156 valence electrons. The summed E-state index contributed by atoms with van der Waals surface area (Å²) in [5, 5.41) is 13.3. The molecule has 4 rings (SSSR count). The molecule has 1 aliphatic heterocycles. The molecule has 0 radical (unpaired) electrons. The van der Waals surface area contributed by atoms with Gasteiger partial charge < -0.3 is 9.73 Å². The molecule has 8 nitrogen and oxygen atoms in total. The minimum atomic E-state index is -0.567. The van der Waals surface area contributed by atoms with E-state index in [-0.39, 0.29) is 17.9 Å². The van der Waals surface area contributed by atoms with Crippen LogP contribution in [0.5, 0.6) is 0 Å². The maximum absolute atomic E-state index is 12.7. The summed E-state index contributed by atoms with van der Waals surface area (Å²) >= 11 is 3.52. The van der Waals surface area contributed by atoms with Gasteiger partial charge in [0.25, 0.3) is 11.6 Å². The molecule has 1 aliphatic rings. The summed E-state index contributed by atoms with van der Waals surface area (Å²) in [7, 11) is 0. The van der Waals surface area contributed by atoms with E-state index in [9.17, 15) is 19.7 Å².